The van der Waals surface area contributed by atoms with Crippen LogP contribution < -0.4 is 14.8 Å². The van der Waals surface area contributed by atoms with E-state index < -0.39 is 32.6 Å². The minimum Gasteiger partial charge on any atom is -0.438 e. The van der Waals surface area contributed by atoms with Gasteiger partial charge in [0.15, 0.2) is 5.69 Å². The molecule has 1 fully saturated rings. The first-order chi connectivity index (χ1) is 16.6. The van der Waals surface area contributed by atoms with Gasteiger partial charge in [-0.1, -0.05) is 6.92 Å². The predicted molar refractivity (Wildman–Crippen MR) is 127 cm³/mol. The van der Waals surface area contributed by atoms with Gasteiger partial charge in [-0.3, -0.25) is 14.9 Å². The maximum Gasteiger partial charge on any atom is 0.272 e. The second-order valence-electron chi connectivity index (χ2n) is 8.36. The molecule has 1 aromatic carbocycles. The molecule has 192 valence electrons. The largest absolute Gasteiger partial charge is 0.438 e. The van der Waals surface area contributed by atoms with Crippen molar-refractivity contribution in [2.75, 3.05) is 13.2 Å². The highest BCUT2D eigenvalue weighted by Gasteiger charge is 2.28. The number of aryl methyl sites for hydroxylation is 1. The average molecular weight is 510 g/mol. The lowest BCUT2D eigenvalue weighted by Gasteiger charge is -2.16. The van der Waals surface area contributed by atoms with Gasteiger partial charge in [0.05, 0.1) is 11.0 Å². The molecule has 2 aromatic rings. The predicted octanol–water partition coefficient (Wildman–Crippen LogP) is 2.90. The van der Waals surface area contributed by atoms with Crippen molar-refractivity contribution in [1.29, 1.82) is 0 Å². The topological polar surface area (TPSA) is 155 Å². The molecule has 0 spiro atoms. The number of ether oxygens (including phenoxy) is 2. The van der Waals surface area contributed by atoms with E-state index in [0.717, 1.165) is 25.0 Å². The van der Waals surface area contributed by atoms with E-state index in [1.807, 2.05) is 6.92 Å². The monoisotopic (exact) mass is 509 g/mol. The summed E-state index contributed by atoms with van der Waals surface area (Å²) in [6.45, 7) is 8.32. The molecule has 1 saturated heterocycles. The smallest absolute Gasteiger partial charge is 0.272 e. The van der Waals surface area contributed by atoms with Gasteiger partial charge in [0.25, 0.3) is 11.6 Å². The first-order valence-corrected chi connectivity index (χ1v) is 13.0. The van der Waals surface area contributed by atoms with Gasteiger partial charge in [0.2, 0.25) is 15.9 Å². The minimum absolute atomic E-state index is 0.0332. The van der Waals surface area contributed by atoms with Crippen LogP contribution in [0.15, 0.2) is 23.1 Å². The Kier molecular flexibility index (Phi) is 8.46. The van der Waals surface area contributed by atoms with Gasteiger partial charge in [-0.05, 0) is 46.1 Å². The van der Waals surface area contributed by atoms with Gasteiger partial charge in [-0.25, -0.2) is 17.8 Å². The number of non-ortho nitro benzene ring substituents is 1. The molecule has 0 bridgehead atoms. The maximum atomic E-state index is 13.0. The number of sulfonamides is 1. The van der Waals surface area contributed by atoms with Crippen molar-refractivity contribution in [3.8, 4) is 11.6 Å². The molecule has 2 N–H and O–H groups in total. The number of carbonyl (C=O) groups is 1. The van der Waals surface area contributed by atoms with Crippen molar-refractivity contribution >= 4 is 21.6 Å². The summed E-state index contributed by atoms with van der Waals surface area (Å²) in [7, 11) is -4.14. The van der Waals surface area contributed by atoms with Gasteiger partial charge >= 0.3 is 0 Å². The number of hydrogen-bond acceptors (Lipinski definition) is 8. The molecule has 1 amide bonds. The van der Waals surface area contributed by atoms with Crippen LogP contribution in [0.4, 0.5) is 5.69 Å². The van der Waals surface area contributed by atoms with Crippen LogP contribution >= 0.6 is 0 Å². The summed E-state index contributed by atoms with van der Waals surface area (Å²) < 4.78 is 41.5. The fraction of sp³-hybridized carbons (Fsp3) is 0.545. The number of nitrogens with zero attached hydrogens (tertiary/aromatic N) is 3. The summed E-state index contributed by atoms with van der Waals surface area (Å²) in [6, 6.07) is 2.95. The lowest BCUT2D eigenvalue weighted by molar-refractivity contribution is -0.385. The zero-order valence-electron chi connectivity index (χ0n) is 20.2. The van der Waals surface area contributed by atoms with Gasteiger partial charge in [-0.2, -0.15) is 5.10 Å². The van der Waals surface area contributed by atoms with E-state index >= 15 is 0 Å². The van der Waals surface area contributed by atoms with Crippen molar-refractivity contribution in [1.82, 2.24) is 19.8 Å². The summed E-state index contributed by atoms with van der Waals surface area (Å²) in [5.41, 5.74) is 0.161. The number of nitro groups is 1. The van der Waals surface area contributed by atoms with Crippen LogP contribution in [0, 0.1) is 17.0 Å². The third-order valence-electron chi connectivity index (χ3n) is 5.76. The summed E-state index contributed by atoms with van der Waals surface area (Å²) in [5.74, 6) is -0.343. The first-order valence-electron chi connectivity index (χ1n) is 11.5. The van der Waals surface area contributed by atoms with Crippen molar-refractivity contribution in [2.24, 2.45) is 0 Å². The molecule has 2 atom stereocenters. The molecular weight excluding hydrogens is 478 g/mol. The summed E-state index contributed by atoms with van der Waals surface area (Å²) in [5, 5.41) is 18.5. The highest BCUT2D eigenvalue weighted by molar-refractivity contribution is 7.89. The fourth-order valence-electron chi connectivity index (χ4n) is 3.61. The van der Waals surface area contributed by atoms with Gasteiger partial charge in [0, 0.05) is 43.4 Å². The van der Waals surface area contributed by atoms with Crippen molar-refractivity contribution < 1.29 is 27.6 Å². The molecule has 35 heavy (non-hydrogen) atoms. The molecular formula is C22H31N5O7S. The Labute approximate surface area is 204 Å². The molecule has 0 unspecified atom stereocenters. The Bertz CT molecular complexity index is 1190. The maximum absolute atomic E-state index is 13.0. The molecule has 13 heteroatoms. The van der Waals surface area contributed by atoms with Crippen LogP contribution in [-0.4, -0.2) is 54.3 Å². The standard InChI is InChI=1S/C22H31N5O7S/c1-5-14(3)25-35(31,32)19-12-16(27(29)30)9-10-18(19)34-22-15(4)20(24-26(22)6-2)21(28)23-13-17-8-7-11-33-17/h9-10,12,14,17,25H,5-8,11,13H2,1-4H3,(H,23,28)/t14-,17+/m0/s1. The van der Waals surface area contributed by atoms with E-state index in [9.17, 15) is 23.3 Å². The van der Waals surface area contributed by atoms with Crippen LogP contribution in [0.1, 0.15) is 56.1 Å². The van der Waals surface area contributed by atoms with E-state index in [-0.39, 0.29) is 28.3 Å². The minimum atomic E-state index is -4.14. The second-order valence-corrected chi connectivity index (χ2v) is 10.0. The number of benzene rings is 1. The highest BCUT2D eigenvalue weighted by atomic mass is 32.2. The van der Waals surface area contributed by atoms with Gasteiger partial charge in [0.1, 0.15) is 10.6 Å². The number of aromatic nitrogens is 2. The number of amides is 1. The second kappa shape index (κ2) is 11.1. The van der Waals surface area contributed by atoms with E-state index in [1.165, 1.54) is 10.7 Å². The van der Waals surface area contributed by atoms with E-state index in [1.54, 1.807) is 20.8 Å². The van der Waals surface area contributed by atoms with E-state index in [4.69, 9.17) is 9.47 Å². The Balaban J connectivity index is 1.95. The number of nitro benzene ring substituents is 1. The Morgan fingerprint density at radius 1 is 1.40 bits per heavy atom. The third-order valence-corrected chi connectivity index (χ3v) is 7.37. The van der Waals surface area contributed by atoms with Crippen LogP contribution in [0.25, 0.3) is 0 Å². The number of nitrogens with one attached hydrogen (secondary N) is 2. The number of carbonyl (C=O) groups excluding carboxylic acids is 1. The van der Waals surface area contributed by atoms with Gasteiger partial charge < -0.3 is 14.8 Å². The lowest BCUT2D eigenvalue weighted by Crippen LogP contribution is -2.32. The number of rotatable bonds is 11. The SMILES string of the molecule is CC[C@H](C)NS(=O)(=O)c1cc([N+](=O)[O-])ccc1Oc1c(C)c(C(=O)NC[C@H]2CCCO2)nn1CC. The Hall–Kier alpha value is -3.03. The molecule has 1 aliphatic heterocycles. The molecule has 0 radical (unpaired) electrons. The zero-order valence-corrected chi connectivity index (χ0v) is 21.1. The molecule has 12 nitrogen and oxygen atoms in total. The number of hydrogen-bond donors (Lipinski definition) is 2. The van der Waals surface area contributed by atoms with Crippen LogP contribution in [0.5, 0.6) is 11.6 Å². The highest BCUT2D eigenvalue weighted by Crippen LogP contribution is 2.34. The molecule has 1 aliphatic rings. The fourth-order valence-corrected chi connectivity index (χ4v) is 5.09. The van der Waals surface area contributed by atoms with E-state index in [0.29, 0.717) is 31.7 Å². The van der Waals surface area contributed by atoms with E-state index in [2.05, 4.69) is 15.1 Å². The summed E-state index contributed by atoms with van der Waals surface area (Å²) >= 11 is 0. The molecule has 2 heterocycles. The lowest BCUT2D eigenvalue weighted by atomic mass is 10.2. The average Bonchev–Trinajstić information content (AvgIpc) is 3.45. The molecule has 1 aromatic heterocycles. The van der Waals surface area contributed by atoms with Crippen LogP contribution in [0.2, 0.25) is 0 Å². The first kappa shape index (κ1) is 26.6. The van der Waals surface area contributed by atoms with Crippen molar-refractivity contribution in [2.45, 2.75) is 70.5 Å². The third kappa shape index (κ3) is 6.16. The zero-order chi connectivity index (χ0) is 25.8. The Morgan fingerprint density at radius 2 is 2.14 bits per heavy atom. The van der Waals surface area contributed by atoms with Crippen LogP contribution in [-0.2, 0) is 21.3 Å². The Morgan fingerprint density at radius 3 is 2.74 bits per heavy atom. The molecule has 0 aliphatic carbocycles. The normalized spacial score (nSPS) is 16.7. The summed E-state index contributed by atoms with van der Waals surface area (Å²) in [4.78, 5) is 23.0. The molecule has 0 saturated carbocycles. The van der Waals surface area contributed by atoms with Gasteiger partial charge in [-0.15, -0.1) is 0 Å². The van der Waals surface area contributed by atoms with Crippen molar-refractivity contribution in [3.63, 3.8) is 0 Å². The quantitative estimate of drug-likeness (QED) is 0.346. The van der Waals surface area contributed by atoms with Crippen LogP contribution in [0.3, 0.4) is 0 Å². The summed E-state index contributed by atoms with van der Waals surface area (Å²) in [6.07, 6.45) is 2.32. The molecule has 3 rings (SSSR count). The van der Waals surface area contributed by atoms with Crippen molar-refractivity contribution in [3.05, 3.63) is 39.6 Å².